The Kier molecular flexibility index (Phi) is 5.99. The summed E-state index contributed by atoms with van der Waals surface area (Å²) in [4.78, 5) is 26.1. The van der Waals surface area contributed by atoms with E-state index in [-0.39, 0.29) is 12.5 Å². The number of anilines is 1. The van der Waals surface area contributed by atoms with E-state index in [0.29, 0.717) is 25.2 Å². The molecule has 1 aromatic carbocycles. The molecule has 1 aromatic rings. The highest BCUT2D eigenvalue weighted by Gasteiger charge is 2.12. The van der Waals surface area contributed by atoms with Gasteiger partial charge in [0, 0.05) is 39.3 Å². The van der Waals surface area contributed by atoms with Crippen LogP contribution in [0.2, 0.25) is 0 Å². The zero-order valence-corrected chi connectivity index (χ0v) is 12.0. The topological polar surface area (TPSA) is 92.7 Å². The molecule has 0 atom stereocenters. The van der Waals surface area contributed by atoms with Gasteiger partial charge in [-0.15, -0.1) is 0 Å². The van der Waals surface area contributed by atoms with Gasteiger partial charge in [0.1, 0.15) is 0 Å². The van der Waals surface area contributed by atoms with Crippen molar-refractivity contribution < 1.29 is 9.59 Å². The Balaban J connectivity index is 2.64. The van der Waals surface area contributed by atoms with E-state index < -0.39 is 5.91 Å². The van der Waals surface area contributed by atoms with Crippen molar-refractivity contribution in [2.75, 3.05) is 32.9 Å². The molecule has 0 aromatic heterocycles. The van der Waals surface area contributed by atoms with E-state index in [1.807, 2.05) is 23.1 Å². The van der Waals surface area contributed by atoms with E-state index in [1.165, 1.54) is 4.90 Å². The Morgan fingerprint density at radius 1 is 1.25 bits per heavy atom. The van der Waals surface area contributed by atoms with Gasteiger partial charge in [0.15, 0.2) is 0 Å². The van der Waals surface area contributed by atoms with Crippen LogP contribution in [-0.4, -0.2) is 48.8 Å². The second-order valence-corrected chi connectivity index (χ2v) is 4.96. The molecule has 0 fully saturated rings. The Morgan fingerprint density at radius 2 is 1.95 bits per heavy atom. The molecule has 0 spiro atoms. The largest absolute Gasteiger partial charge is 0.399 e. The van der Waals surface area contributed by atoms with E-state index >= 15 is 0 Å². The first-order valence-electron chi connectivity index (χ1n) is 6.43. The lowest BCUT2D eigenvalue weighted by atomic mass is 10.2. The first-order chi connectivity index (χ1) is 9.38. The highest BCUT2D eigenvalue weighted by molar-refractivity contribution is 5.77. The van der Waals surface area contributed by atoms with Gasteiger partial charge in [-0.2, -0.15) is 0 Å². The molecule has 0 aliphatic heterocycles. The van der Waals surface area contributed by atoms with Gasteiger partial charge in [0.05, 0.1) is 6.54 Å². The van der Waals surface area contributed by atoms with E-state index in [9.17, 15) is 9.59 Å². The molecule has 6 heteroatoms. The Hall–Kier alpha value is -2.08. The van der Waals surface area contributed by atoms with Crippen LogP contribution in [0, 0.1) is 0 Å². The van der Waals surface area contributed by atoms with Gasteiger partial charge >= 0.3 is 0 Å². The fourth-order valence-electron chi connectivity index (χ4n) is 1.86. The Bertz CT molecular complexity index is 474. The third-order valence-electron chi connectivity index (χ3n) is 2.88. The third kappa shape index (κ3) is 5.71. The van der Waals surface area contributed by atoms with Gasteiger partial charge in [0.2, 0.25) is 11.8 Å². The maximum atomic E-state index is 11.6. The van der Waals surface area contributed by atoms with Crippen molar-refractivity contribution in [2.24, 2.45) is 5.73 Å². The average molecular weight is 278 g/mol. The number of nitrogens with two attached hydrogens (primary N) is 2. The average Bonchev–Trinajstić information content (AvgIpc) is 2.34. The molecule has 2 amide bonds. The van der Waals surface area contributed by atoms with Crippen LogP contribution in [0.4, 0.5) is 5.69 Å². The number of nitrogens with zero attached hydrogens (tertiary/aromatic N) is 2. The Labute approximate surface area is 119 Å². The SMILES string of the molecule is CN(C)C(=O)CCN(CC(N)=O)Cc1cccc(N)c1. The van der Waals surface area contributed by atoms with Crippen molar-refractivity contribution in [3.8, 4) is 0 Å². The van der Waals surface area contributed by atoms with E-state index in [2.05, 4.69) is 0 Å². The van der Waals surface area contributed by atoms with Crippen LogP contribution in [-0.2, 0) is 16.1 Å². The van der Waals surface area contributed by atoms with Crippen LogP contribution in [0.1, 0.15) is 12.0 Å². The van der Waals surface area contributed by atoms with Crippen LogP contribution in [0.25, 0.3) is 0 Å². The summed E-state index contributed by atoms with van der Waals surface area (Å²) < 4.78 is 0. The molecule has 0 aliphatic rings. The molecule has 0 saturated heterocycles. The number of benzene rings is 1. The van der Waals surface area contributed by atoms with Crippen LogP contribution in [0.15, 0.2) is 24.3 Å². The molecule has 0 unspecified atom stereocenters. The number of rotatable bonds is 7. The lowest BCUT2D eigenvalue weighted by Gasteiger charge is -2.21. The van der Waals surface area contributed by atoms with Crippen LogP contribution in [0.5, 0.6) is 0 Å². The Morgan fingerprint density at radius 3 is 2.50 bits per heavy atom. The van der Waals surface area contributed by atoms with Crippen molar-refractivity contribution in [2.45, 2.75) is 13.0 Å². The van der Waals surface area contributed by atoms with Gasteiger partial charge in [-0.1, -0.05) is 12.1 Å². The molecule has 20 heavy (non-hydrogen) atoms. The minimum absolute atomic E-state index is 0.0204. The number of carbonyl (C=O) groups excluding carboxylic acids is 2. The summed E-state index contributed by atoms with van der Waals surface area (Å²) in [5.74, 6) is -0.391. The zero-order valence-electron chi connectivity index (χ0n) is 12.0. The highest BCUT2D eigenvalue weighted by atomic mass is 16.2. The number of amides is 2. The highest BCUT2D eigenvalue weighted by Crippen LogP contribution is 2.10. The van der Waals surface area contributed by atoms with Crippen LogP contribution >= 0.6 is 0 Å². The molecular weight excluding hydrogens is 256 g/mol. The second kappa shape index (κ2) is 7.49. The number of hydrogen-bond donors (Lipinski definition) is 2. The maximum absolute atomic E-state index is 11.6. The number of nitrogen functional groups attached to an aromatic ring is 1. The van der Waals surface area contributed by atoms with Gasteiger partial charge in [-0.05, 0) is 17.7 Å². The summed E-state index contributed by atoms with van der Waals surface area (Å²) in [5.41, 5.74) is 12.6. The molecule has 1 rings (SSSR count). The molecule has 6 nitrogen and oxygen atoms in total. The van der Waals surface area contributed by atoms with Crippen molar-refractivity contribution in [3.05, 3.63) is 29.8 Å². The van der Waals surface area contributed by atoms with Gasteiger partial charge in [-0.25, -0.2) is 0 Å². The van der Waals surface area contributed by atoms with Gasteiger partial charge in [0.25, 0.3) is 0 Å². The number of primary amides is 1. The summed E-state index contributed by atoms with van der Waals surface area (Å²) in [6.45, 7) is 1.14. The standard InChI is InChI=1S/C14H22N4O2/c1-17(2)14(20)6-7-18(10-13(16)19)9-11-4-3-5-12(15)8-11/h3-5,8H,6-7,9-10,15H2,1-2H3,(H2,16,19). The van der Waals surface area contributed by atoms with Gasteiger partial charge in [-0.3, -0.25) is 14.5 Å². The van der Waals surface area contributed by atoms with Crippen molar-refractivity contribution in [1.82, 2.24) is 9.80 Å². The molecule has 0 radical (unpaired) electrons. The third-order valence-corrected chi connectivity index (χ3v) is 2.88. The van der Waals surface area contributed by atoms with E-state index in [1.54, 1.807) is 20.2 Å². The summed E-state index contributed by atoms with van der Waals surface area (Å²) in [6.07, 6.45) is 0.350. The predicted octanol–water partition coefficient (Wildman–Crippen LogP) is 0.0344. The van der Waals surface area contributed by atoms with E-state index in [0.717, 1.165) is 5.56 Å². The minimum Gasteiger partial charge on any atom is -0.399 e. The smallest absolute Gasteiger partial charge is 0.231 e. The molecular formula is C14H22N4O2. The zero-order chi connectivity index (χ0) is 15.1. The normalized spacial score (nSPS) is 10.6. The summed E-state index contributed by atoms with van der Waals surface area (Å²) in [7, 11) is 3.41. The van der Waals surface area contributed by atoms with Crippen LogP contribution < -0.4 is 11.5 Å². The lowest BCUT2D eigenvalue weighted by molar-refractivity contribution is -0.129. The minimum atomic E-state index is -0.411. The monoisotopic (exact) mass is 278 g/mol. The van der Waals surface area contributed by atoms with Crippen molar-refractivity contribution in [3.63, 3.8) is 0 Å². The lowest BCUT2D eigenvalue weighted by Crippen LogP contribution is -2.36. The summed E-state index contributed by atoms with van der Waals surface area (Å²) in [6, 6.07) is 7.44. The molecule has 110 valence electrons. The van der Waals surface area contributed by atoms with E-state index in [4.69, 9.17) is 11.5 Å². The molecule has 4 N–H and O–H groups in total. The quantitative estimate of drug-likeness (QED) is 0.688. The first-order valence-corrected chi connectivity index (χ1v) is 6.43. The fourth-order valence-corrected chi connectivity index (χ4v) is 1.86. The number of carbonyl (C=O) groups is 2. The summed E-state index contributed by atoms with van der Waals surface area (Å²) in [5, 5.41) is 0. The second-order valence-electron chi connectivity index (χ2n) is 4.96. The molecule has 0 aliphatic carbocycles. The summed E-state index contributed by atoms with van der Waals surface area (Å²) >= 11 is 0. The van der Waals surface area contributed by atoms with Crippen molar-refractivity contribution >= 4 is 17.5 Å². The van der Waals surface area contributed by atoms with Gasteiger partial charge < -0.3 is 16.4 Å². The molecule has 0 saturated carbocycles. The first kappa shape index (κ1) is 16.0. The predicted molar refractivity (Wildman–Crippen MR) is 78.6 cm³/mol. The maximum Gasteiger partial charge on any atom is 0.231 e. The van der Waals surface area contributed by atoms with Crippen molar-refractivity contribution in [1.29, 1.82) is 0 Å². The number of hydrogen-bond acceptors (Lipinski definition) is 4. The molecule has 0 bridgehead atoms. The molecule has 0 heterocycles. The fraction of sp³-hybridized carbons (Fsp3) is 0.429. The van der Waals surface area contributed by atoms with Crippen LogP contribution in [0.3, 0.4) is 0 Å².